The van der Waals surface area contributed by atoms with Crippen LogP contribution in [0.1, 0.15) is 52.5 Å². The fourth-order valence-corrected chi connectivity index (χ4v) is 5.48. The van der Waals surface area contributed by atoms with E-state index in [1.54, 1.807) is 11.0 Å². The maximum Gasteiger partial charge on any atom is 0.242 e. The standard InChI is InChI=1S/C21H24FNO3/c1-12-5-6-13-11-14(22)7-8-15(13)23(12)18(26)21-10-9-20(4,19(21,2)3)16(24)17(21)25/h7-8,11-12H,5-6,9-10H2,1-4H3/t12-,20+,21-/m1/s1. The highest BCUT2D eigenvalue weighted by Crippen LogP contribution is 2.69. The number of carbonyl (C=O) groups is 3. The van der Waals surface area contributed by atoms with Crippen molar-refractivity contribution in [3.8, 4) is 0 Å². The van der Waals surface area contributed by atoms with Crippen molar-refractivity contribution in [3.05, 3.63) is 29.6 Å². The van der Waals surface area contributed by atoms with E-state index in [1.165, 1.54) is 12.1 Å². The molecule has 2 saturated carbocycles. The van der Waals surface area contributed by atoms with Gasteiger partial charge in [-0.3, -0.25) is 14.4 Å². The van der Waals surface area contributed by atoms with Crippen LogP contribution in [0.4, 0.5) is 10.1 Å². The molecule has 0 saturated heterocycles. The summed E-state index contributed by atoms with van der Waals surface area (Å²) in [6.07, 6.45) is 2.35. The fourth-order valence-electron chi connectivity index (χ4n) is 5.48. The molecule has 4 rings (SSSR count). The number of benzene rings is 1. The van der Waals surface area contributed by atoms with Crippen LogP contribution in [-0.4, -0.2) is 23.5 Å². The highest BCUT2D eigenvalue weighted by molar-refractivity contribution is 6.49. The van der Waals surface area contributed by atoms with Gasteiger partial charge in [-0.15, -0.1) is 0 Å². The van der Waals surface area contributed by atoms with Gasteiger partial charge in [0.15, 0.2) is 0 Å². The second kappa shape index (κ2) is 5.02. The Morgan fingerprint density at radius 3 is 2.46 bits per heavy atom. The van der Waals surface area contributed by atoms with Crippen molar-refractivity contribution in [3.63, 3.8) is 0 Å². The van der Waals surface area contributed by atoms with E-state index in [0.717, 1.165) is 5.56 Å². The van der Waals surface area contributed by atoms with Crippen molar-refractivity contribution in [2.24, 2.45) is 16.2 Å². The summed E-state index contributed by atoms with van der Waals surface area (Å²) in [7, 11) is 0. The number of amides is 1. The summed E-state index contributed by atoms with van der Waals surface area (Å²) in [5.74, 6) is -1.57. The van der Waals surface area contributed by atoms with E-state index in [0.29, 0.717) is 31.4 Å². The summed E-state index contributed by atoms with van der Waals surface area (Å²) >= 11 is 0. The molecule has 5 heteroatoms. The quantitative estimate of drug-likeness (QED) is 0.571. The molecule has 0 aromatic heterocycles. The number of aryl methyl sites for hydroxylation is 1. The minimum atomic E-state index is -1.31. The summed E-state index contributed by atoms with van der Waals surface area (Å²) in [6, 6.07) is 4.34. The van der Waals surface area contributed by atoms with E-state index >= 15 is 0 Å². The molecule has 1 aromatic carbocycles. The third-order valence-corrected chi connectivity index (χ3v) is 7.70. The van der Waals surface area contributed by atoms with Gasteiger partial charge < -0.3 is 4.90 Å². The second-order valence-electron chi connectivity index (χ2n) is 8.86. The minimum Gasteiger partial charge on any atom is -0.308 e. The Morgan fingerprint density at radius 1 is 1.15 bits per heavy atom. The van der Waals surface area contributed by atoms with Crippen LogP contribution in [0.25, 0.3) is 0 Å². The van der Waals surface area contributed by atoms with E-state index in [1.807, 2.05) is 27.7 Å². The van der Waals surface area contributed by atoms with Crippen LogP contribution in [0.5, 0.6) is 0 Å². The average Bonchev–Trinajstić information content (AvgIpc) is 2.86. The lowest BCUT2D eigenvalue weighted by atomic mass is 9.64. The summed E-state index contributed by atoms with van der Waals surface area (Å²) < 4.78 is 13.7. The van der Waals surface area contributed by atoms with Gasteiger partial charge in [0, 0.05) is 17.1 Å². The maximum absolute atomic E-state index is 13.8. The topological polar surface area (TPSA) is 54.5 Å². The van der Waals surface area contributed by atoms with Crippen LogP contribution >= 0.6 is 0 Å². The zero-order valence-electron chi connectivity index (χ0n) is 15.7. The first-order chi connectivity index (χ1) is 12.1. The highest BCUT2D eigenvalue weighted by Gasteiger charge is 2.78. The Balaban J connectivity index is 1.87. The maximum atomic E-state index is 13.8. The van der Waals surface area contributed by atoms with Gasteiger partial charge in [0.25, 0.3) is 0 Å². The average molecular weight is 357 g/mol. The predicted molar refractivity (Wildman–Crippen MR) is 95.2 cm³/mol. The van der Waals surface area contributed by atoms with E-state index in [-0.39, 0.29) is 17.8 Å². The number of fused-ring (bicyclic) bond motifs is 3. The largest absolute Gasteiger partial charge is 0.308 e. The lowest BCUT2D eigenvalue weighted by Gasteiger charge is -2.44. The third kappa shape index (κ3) is 1.72. The molecule has 0 N–H and O–H groups in total. The lowest BCUT2D eigenvalue weighted by molar-refractivity contribution is -0.148. The molecule has 0 spiro atoms. The smallest absolute Gasteiger partial charge is 0.242 e. The zero-order chi connectivity index (χ0) is 19.1. The Labute approximate surface area is 152 Å². The molecule has 1 heterocycles. The molecule has 2 bridgehead atoms. The van der Waals surface area contributed by atoms with Crippen LogP contribution in [0.3, 0.4) is 0 Å². The molecule has 2 aliphatic carbocycles. The van der Waals surface area contributed by atoms with Crippen LogP contribution < -0.4 is 4.90 Å². The number of ketones is 2. The van der Waals surface area contributed by atoms with E-state index in [4.69, 9.17) is 0 Å². The number of Topliss-reactive ketones (excluding diaryl/α,β-unsaturated/α-hetero) is 2. The van der Waals surface area contributed by atoms with Gasteiger partial charge >= 0.3 is 0 Å². The van der Waals surface area contributed by atoms with Crippen LogP contribution in [0, 0.1) is 22.1 Å². The van der Waals surface area contributed by atoms with Crippen molar-refractivity contribution < 1.29 is 18.8 Å². The fraction of sp³-hybridized carbons (Fsp3) is 0.571. The molecule has 0 unspecified atom stereocenters. The number of nitrogens with zero attached hydrogens (tertiary/aromatic N) is 1. The first kappa shape index (κ1) is 17.4. The number of carbonyl (C=O) groups excluding carboxylic acids is 3. The first-order valence-electron chi connectivity index (χ1n) is 9.29. The molecule has 3 aliphatic rings. The zero-order valence-corrected chi connectivity index (χ0v) is 15.7. The highest BCUT2D eigenvalue weighted by atomic mass is 19.1. The van der Waals surface area contributed by atoms with Gasteiger partial charge in [0.1, 0.15) is 11.2 Å². The molecule has 1 aromatic rings. The molecule has 138 valence electrons. The van der Waals surface area contributed by atoms with Gasteiger partial charge in [-0.05, 0) is 61.8 Å². The van der Waals surface area contributed by atoms with Crippen molar-refractivity contribution in [1.82, 2.24) is 0 Å². The molecule has 1 aliphatic heterocycles. The number of anilines is 1. The SMILES string of the molecule is C[C@@H]1CCc2cc(F)ccc2N1C(=O)[C@@]12CC[C@@](C)(C(=O)C1=O)C2(C)C. The molecule has 4 nitrogen and oxygen atoms in total. The van der Waals surface area contributed by atoms with Gasteiger partial charge in [-0.1, -0.05) is 20.8 Å². The van der Waals surface area contributed by atoms with Gasteiger partial charge in [-0.25, -0.2) is 4.39 Å². The van der Waals surface area contributed by atoms with Crippen LogP contribution in [0.2, 0.25) is 0 Å². The molecular formula is C21H24FNO3. The summed E-state index contributed by atoms with van der Waals surface area (Å²) in [5, 5.41) is 0. The van der Waals surface area contributed by atoms with Crippen molar-refractivity contribution in [1.29, 1.82) is 0 Å². The lowest BCUT2D eigenvalue weighted by Crippen LogP contribution is -2.56. The number of halogens is 1. The van der Waals surface area contributed by atoms with E-state index in [9.17, 15) is 18.8 Å². The summed E-state index contributed by atoms with van der Waals surface area (Å²) in [4.78, 5) is 41.2. The van der Waals surface area contributed by atoms with Gasteiger partial charge in [0.05, 0.1) is 0 Å². The van der Waals surface area contributed by atoms with Crippen LogP contribution in [-0.2, 0) is 20.8 Å². The van der Waals surface area contributed by atoms with Crippen molar-refractivity contribution in [2.45, 2.75) is 59.4 Å². The Morgan fingerprint density at radius 2 is 1.85 bits per heavy atom. The monoisotopic (exact) mass is 357 g/mol. The Kier molecular flexibility index (Phi) is 3.36. The predicted octanol–water partition coefficient (Wildman–Crippen LogP) is 3.46. The summed E-state index contributed by atoms with van der Waals surface area (Å²) in [5.41, 5.74) is -1.38. The molecule has 0 radical (unpaired) electrons. The molecule has 26 heavy (non-hydrogen) atoms. The minimum absolute atomic E-state index is 0.0963. The first-order valence-corrected chi connectivity index (χ1v) is 9.29. The van der Waals surface area contributed by atoms with E-state index < -0.39 is 27.8 Å². The second-order valence-corrected chi connectivity index (χ2v) is 8.86. The Hall–Kier alpha value is -2.04. The molecular weight excluding hydrogens is 333 g/mol. The third-order valence-electron chi connectivity index (χ3n) is 7.70. The van der Waals surface area contributed by atoms with Crippen molar-refractivity contribution >= 4 is 23.2 Å². The van der Waals surface area contributed by atoms with Gasteiger partial charge in [-0.2, -0.15) is 0 Å². The van der Waals surface area contributed by atoms with Crippen molar-refractivity contribution in [2.75, 3.05) is 4.90 Å². The Bertz CT molecular complexity index is 861. The van der Waals surface area contributed by atoms with Gasteiger partial charge in [0.2, 0.25) is 17.5 Å². The van der Waals surface area contributed by atoms with Crippen LogP contribution in [0.15, 0.2) is 18.2 Å². The number of hydrogen-bond acceptors (Lipinski definition) is 3. The number of rotatable bonds is 1. The number of hydrogen-bond donors (Lipinski definition) is 0. The van der Waals surface area contributed by atoms with E-state index in [2.05, 4.69) is 0 Å². The normalized spacial score (nSPS) is 35.0. The molecule has 2 fully saturated rings. The summed E-state index contributed by atoms with van der Waals surface area (Å²) in [6.45, 7) is 7.52. The molecule has 1 amide bonds. The molecule has 3 atom stereocenters.